The molecule has 6 aromatic rings. The Bertz CT molecular complexity index is 2110. The summed E-state index contributed by atoms with van der Waals surface area (Å²) in [5, 5.41) is 0. The lowest BCUT2D eigenvalue weighted by atomic mass is 9.74. The molecule has 9 heteroatoms. The molecule has 0 radical (unpaired) electrons. The lowest BCUT2D eigenvalue weighted by Gasteiger charge is -2.43. The van der Waals surface area contributed by atoms with Crippen molar-refractivity contribution in [2.24, 2.45) is 0 Å². The first-order chi connectivity index (χ1) is 28.2. The molecule has 0 amide bonds. The monoisotopic (exact) mass is 806 g/mol. The van der Waals surface area contributed by atoms with Gasteiger partial charge in [0.05, 0.1) is 25.4 Å². The van der Waals surface area contributed by atoms with Crippen molar-refractivity contribution in [3.63, 3.8) is 0 Å². The van der Waals surface area contributed by atoms with Gasteiger partial charge < -0.3 is 23.7 Å². The molecule has 0 heterocycles. The molecule has 308 valence electrons. The molecule has 0 aliphatic rings. The van der Waals surface area contributed by atoms with Crippen LogP contribution < -0.4 is 18.9 Å². The van der Waals surface area contributed by atoms with E-state index in [0.29, 0.717) is 37.6 Å². The molecule has 6 aromatic carbocycles. The zero-order valence-corrected chi connectivity index (χ0v) is 34.2. The summed E-state index contributed by atoms with van der Waals surface area (Å²) < 4.78 is 88.6. The Morgan fingerprint density at radius 1 is 0.441 bits per heavy atom. The summed E-state index contributed by atoms with van der Waals surface area (Å²) in [5.74, 6) is 0.0948. The number of benzene rings is 6. The summed E-state index contributed by atoms with van der Waals surface area (Å²) in [4.78, 5) is 0. The Kier molecular flexibility index (Phi) is 13.7. The fourth-order valence-electron chi connectivity index (χ4n) is 7.00. The summed E-state index contributed by atoms with van der Waals surface area (Å²) in [7, 11) is 0. The number of hydrogen-bond acceptors (Lipinski definition) is 5. The Labute approximate surface area is 344 Å². The highest BCUT2D eigenvalue weighted by Gasteiger charge is 2.40. The molecule has 2 unspecified atom stereocenters. The van der Waals surface area contributed by atoms with E-state index in [4.69, 9.17) is 23.7 Å². The van der Waals surface area contributed by atoms with Crippen molar-refractivity contribution in [1.29, 1.82) is 0 Å². The van der Waals surface area contributed by atoms with E-state index in [1.165, 1.54) is 60.7 Å². The highest BCUT2D eigenvalue weighted by molar-refractivity contribution is 5.40. The van der Waals surface area contributed by atoms with Crippen LogP contribution in [-0.4, -0.2) is 25.4 Å². The van der Waals surface area contributed by atoms with Crippen molar-refractivity contribution in [2.45, 2.75) is 77.4 Å². The molecule has 0 aliphatic heterocycles. The zero-order valence-electron chi connectivity index (χ0n) is 34.2. The number of ether oxygens (including phenoxy) is 5. The van der Waals surface area contributed by atoms with E-state index < -0.39 is 46.3 Å². The topological polar surface area (TPSA) is 46.2 Å². The molecule has 0 spiro atoms. The van der Waals surface area contributed by atoms with Crippen LogP contribution in [0, 0.1) is 23.3 Å². The number of hydrogen-bond donors (Lipinski definition) is 0. The van der Waals surface area contributed by atoms with Gasteiger partial charge >= 0.3 is 0 Å². The van der Waals surface area contributed by atoms with E-state index in [9.17, 15) is 8.78 Å². The molecule has 0 N–H and O–H groups in total. The van der Waals surface area contributed by atoms with Crippen LogP contribution in [0.2, 0.25) is 0 Å². The fraction of sp³-hybridized carbons (Fsp3) is 0.280. The molecule has 0 fully saturated rings. The van der Waals surface area contributed by atoms with Crippen molar-refractivity contribution in [3.8, 4) is 34.5 Å². The number of rotatable bonds is 18. The van der Waals surface area contributed by atoms with Crippen molar-refractivity contribution in [1.82, 2.24) is 0 Å². The summed E-state index contributed by atoms with van der Waals surface area (Å²) >= 11 is 0. The van der Waals surface area contributed by atoms with Gasteiger partial charge in [-0.15, -0.1) is 0 Å². The quantitative estimate of drug-likeness (QED) is 0.0810. The minimum atomic E-state index is -0.635. The maximum Gasteiger partial charge on any atom is 0.165 e. The van der Waals surface area contributed by atoms with Gasteiger partial charge in [0.1, 0.15) is 34.6 Å². The second kappa shape index (κ2) is 18.9. The summed E-state index contributed by atoms with van der Waals surface area (Å²) in [6, 6.07) is 36.1. The lowest BCUT2D eigenvalue weighted by Crippen LogP contribution is -2.46. The predicted molar refractivity (Wildman–Crippen MR) is 223 cm³/mol. The maximum atomic E-state index is 15.3. The Balaban J connectivity index is 1.41. The van der Waals surface area contributed by atoms with E-state index in [-0.39, 0.29) is 11.5 Å². The van der Waals surface area contributed by atoms with E-state index in [1.54, 1.807) is 24.3 Å². The van der Waals surface area contributed by atoms with Crippen LogP contribution in [0.15, 0.2) is 133 Å². The average molecular weight is 807 g/mol. The van der Waals surface area contributed by atoms with Crippen LogP contribution in [0.25, 0.3) is 0 Å². The first-order valence-electron chi connectivity index (χ1n) is 19.8. The van der Waals surface area contributed by atoms with E-state index in [2.05, 4.69) is 27.7 Å². The van der Waals surface area contributed by atoms with Gasteiger partial charge in [-0.2, -0.15) is 0 Å². The van der Waals surface area contributed by atoms with Gasteiger partial charge in [-0.05, 0) is 146 Å². The van der Waals surface area contributed by atoms with Gasteiger partial charge in [0.2, 0.25) is 0 Å². The molecule has 0 bridgehead atoms. The SMILES string of the molecule is CCOc1ccc(C(C)(C)C(Cc2ccc(F)c(Oc3ccc(F)cc3)c2)OC(Cc2ccc(F)c(Oc3ccc(F)cc3)c2)C(C)(C)c2ccc(OCC)cc2)cc1. The molecule has 6 rings (SSSR count). The molecule has 0 aromatic heterocycles. The molecule has 0 saturated carbocycles. The van der Waals surface area contributed by atoms with Gasteiger partial charge in [-0.1, -0.05) is 64.1 Å². The Hall–Kier alpha value is -5.80. The highest BCUT2D eigenvalue weighted by atomic mass is 19.1. The zero-order chi connectivity index (χ0) is 42.2. The van der Waals surface area contributed by atoms with E-state index in [0.717, 1.165) is 33.8 Å². The van der Waals surface area contributed by atoms with Crippen molar-refractivity contribution in [2.75, 3.05) is 13.2 Å². The Morgan fingerprint density at radius 3 is 1.12 bits per heavy atom. The van der Waals surface area contributed by atoms with Gasteiger partial charge in [0, 0.05) is 10.8 Å². The predicted octanol–water partition coefficient (Wildman–Crippen LogP) is 13.1. The molecular formula is C50H50F4O5. The standard InChI is InChI=1S/C50H50F4O5/c1-7-55-39-19-11-35(12-20-39)49(3,4)47(31-33-9-27-43(53)45(29-33)57-41-23-15-37(51)16-24-41)59-48(50(5,6)36-13-21-40(22-14-36)56-8-2)32-34-10-28-44(54)46(30-34)58-42-25-17-38(52)18-26-42/h9-30,47-48H,7-8,31-32H2,1-6H3. The average Bonchev–Trinajstić information content (AvgIpc) is 3.22. The van der Waals surface area contributed by atoms with Gasteiger partial charge in [-0.25, -0.2) is 17.6 Å². The van der Waals surface area contributed by atoms with Crippen LogP contribution in [-0.2, 0) is 28.4 Å². The number of halogens is 4. The summed E-state index contributed by atoms with van der Waals surface area (Å²) in [6.45, 7) is 13.4. The van der Waals surface area contributed by atoms with Crippen LogP contribution >= 0.6 is 0 Å². The third-order valence-electron chi connectivity index (χ3n) is 10.7. The molecule has 0 saturated heterocycles. The van der Waals surface area contributed by atoms with E-state index in [1.807, 2.05) is 62.4 Å². The fourth-order valence-corrected chi connectivity index (χ4v) is 7.00. The first-order valence-corrected chi connectivity index (χ1v) is 19.8. The highest BCUT2D eigenvalue weighted by Crippen LogP contribution is 2.40. The van der Waals surface area contributed by atoms with Crippen molar-refractivity contribution >= 4 is 0 Å². The normalized spacial score (nSPS) is 12.8. The van der Waals surface area contributed by atoms with Crippen LogP contribution in [0.1, 0.15) is 63.8 Å². The second-order valence-corrected chi connectivity index (χ2v) is 15.5. The minimum Gasteiger partial charge on any atom is -0.494 e. The van der Waals surface area contributed by atoms with Gasteiger partial charge in [-0.3, -0.25) is 0 Å². The van der Waals surface area contributed by atoms with Crippen molar-refractivity contribution in [3.05, 3.63) is 179 Å². The maximum absolute atomic E-state index is 15.3. The second-order valence-electron chi connectivity index (χ2n) is 15.5. The van der Waals surface area contributed by atoms with Crippen LogP contribution in [0.3, 0.4) is 0 Å². The molecular weight excluding hydrogens is 757 g/mol. The summed E-state index contributed by atoms with van der Waals surface area (Å²) in [5.41, 5.74) is 2.22. The molecule has 59 heavy (non-hydrogen) atoms. The largest absolute Gasteiger partial charge is 0.494 e. The lowest BCUT2D eigenvalue weighted by molar-refractivity contribution is -0.0753. The smallest absolute Gasteiger partial charge is 0.165 e. The summed E-state index contributed by atoms with van der Waals surface area (Å²) in [6.07, 6.45) is -0.351. The first kappa shape index (κ1) is 42.8. The molecule has 2 atom stereocenters. The third kappa shape index (κ3) is 10.8. The van der Waals surface area contributed by atoms with Gasteiger partial charge in [0.25, 0.3) is 0 Å². The van der Waals surface area contributed by atoms with Gasteiger partial charge in [0.15, 0.2) is 23.1 Å². The Morgan fingerprint density at radius 2 is 0.780 bits per heavy atom. The van der Waals surface area contributed by atoms with Crippen LogP contribution in [0.5, 0.6) is 34.5 Å². The molecule has 5 nitrogen and oxygen atoms in total. The van der Waals surface area contributed by atoms with E-state index >= 15 is 8.78 Å². The minimum absolute atomic E-state index is 0.00186. The molecule has 0 aliphatic carbocycles. The third-order valence-corrected chi connectivity index (χ3v) is 10.7. The van der Waals surface area contributed by atoms with Crippen molar-refractivity contribution < 1.29 is 41.2 Å². The van der Waals surface area contributed by atoms with Crippen LogP contribution in [0.4, 0.5) is 17.6 Å².